The van der Waals surface area contributed by atoms with E-state index in [4.69, 9.17) is 22.1 Å². The Morgan fingerprint density at radius 1 is 0.941 bits per heavy atom. The summed E-state index contributed by atoms with van der Waals surface area (Å²) in [7, 11) is 0. The third-order valence-electron chi connectivity index (χ3n) is 2.28. The first-order valence-electron chi connectivity index (χ1n) is 6.15. The third kappa shape index (κ3) is 25.3. The number of nitrogens with zero attached hydrogens (tertiary/aromatic N) is 2. The molecule has 96 valence electrons. The first-order chi connectivity index (χ1) is 8.18. The van der Waals surface area contributed by atoms with Crippen molar-refractivity contribution in [3.63, 3.8) is 0 Å². The largest absolute Gasteiger partial charge is 0.281 e. The average molecular weight is 257 g/mol. The van der Waals surface area contributed by atoms with Gasteiger partial charge in [-0.05, 0) is 18.0 Å². The standard InChI is InChI=1S/C11H21ClO.C2N2/c1-2-3-4-5-6-7-8-9-10-11(12)13;3-1-2-4/h2-10H2,1H3;. The maximum Gasteiger partial charge on any atom is 0.221 e. The van der Waals surface area contributed by atoms with Crippen LogP contribution in [-0.4, -0.2) is 5.24 Å². The molecule has 0 aromatic heterocycles. The molecule has 0 N–H and O–H groups in total. The highest BCUT2D eigenvalue weighted by molar-refractivity contribution is 6.63. The van der Waals surface area contributed by atoms with Gasteiger partial charge in [0.1, 0.15) is 0 Å². The molecule has 0 saturated heterocycles. The lowest BCUT2D eigenvalue weighted by molar-refractivity contribution is -0.111. The molecule has 0 aliphatic rings. The minimum absolute atomic E-state index is 0.189. The lowest BCUT2D eigenvalue weighted by Gasteiger charge is -1.99. The van der Waals surface area contributed by atoms with Gasteiger partial charge in [-0.25, -0.2) is 0 Å². The van der Waals surface area contributed by atoms with Crippen LogP contribution in [-0.2, 0) is 4.79 Å². The zero-order chi connectivity index (χ0) is 13.4. The molecule has 0 spiro atoms. The molecule has 0 aliphatic heterocycles. The van der Waals surface area contributed by atoms with Crippen LogP contribution in [0.4, 0.5) is 0 Å². The third-order valence-corrected chi connectivity index (χ3v) is 2.47. The maximum atomic E-state index is 10.4. The van der Waals surface area contributed by atoms with Crippen LogP contribution in [0, 0.1) is 22.7 Å². The minimum Gasteiger partial charge on any atom is -0.281 e. The fourth-order valence-corrected chi connectivity index (χ4v) is 1.53. The summed E-state index contributed by atoms with van der Waals surface area (Å²) in [5.41, 5.74) is 0. The molecule has 0 fully saturated rings. The number of halogens is 1. The molecule has 0 atom stereocenters. The van der Waals surface area contributed by atoms with Gasteiger partial charge in [0.2, 0.25) is 5.24 Å². The van der Waals surface area contributed by atoms with Gasteiger partial charge >= 0.3 is 0 Å². The monoisotopic (exact) mass is 256 g/mol. The van der Waals surface area contributed by atoms with E-state index >= 15 is 0 Å². The molecule has 0 aromatic rings. The number of unbranched alkanes of at least 4 members (excludes halogenated alkanes) is 7. The van der Waals surface area contributed by atoms with Gasteiger partial charge in [0.25, 0.3) is 0 Å². The Bertz CT molecular complexity index is 241. The van der Waals surface area contributed by atoms with E-state index in [0.717, 1.165) is 12.8 Å². The van der Waals surface area contributed by atoms with Gasteiger partial charge < -0.3 is 0 Å². The summed E-state index contributed by atoms with van der Waals surface area (Å²) in [5.74, 6) is 0. The molecule has 0 saturated carbocycles. The molecule has 0 radical (unpaired) electrons. The summed E-state index contributed by atoms with van der Waals surface area (Å²) < 4.78 is 0. The van der Waals surface area contributed by atoms with Crippen molar-refractivity contribution in [2.24, 2.45) is 0 Å². The molecular formula is C13H21ClN2O. The number of carbonyl (C=O) groups is 1. The van der Waals surface area contributed by atoms with Gasteiger partial charge in [0.15, 0.2) is 12.1 Å². The molecule has 0 bridgehead atoms. The van der Waals surface area contributed by atoms with Crippen molar-refractivity contribution in [3.05, 3.63) is 0 Å². The summed E-state index contributed by atoms with van der Waals surface area (Å²) in [6, 6.07) is 2.47. The molecule has 0 aliphatic carbocycles. The van der Waals surface area contributed by atoms with Crippen molar-refractivity contribution in [2.75, 3.05) is 0 Å². The summed E-state index contributed by atoms with van der Waals surface area (Å²) in [5, 5.41) is 14.3. The van der Waals surface area contributed by atoms with Gasteiger partial charge in [0.05, 0.1) is 0 Å². The van der Waals surface area contributed by atoms with E-state index in [-0.39, 0.29) is 5.24 Å². The molecule has 0 aromatic carbocycles. The maximum absolute atomic E-state index is 10.4. The van der Waals surface area contributed by atoms with Crippen LogP contribution in [0.3, 0.4) is 0 Å². The van der Waals surface area contributed by atoms with Crippen LogP contribution in [0.5, 0.6) is 0 Å². The Morgan fingerprint density at radius 3 is 1.71 bits per heavy atom. The molecule has 3 nitrogen and oxygen atoms in total. The van der Waals surface area contributed by atoms with Crippen molar-refractivity contribution in [2.45, 2.75) is 64.7 Å². The molecule has 0 amide bonds. The Labute approximate surface area is 109 Å². The van der Waals surface area contributed by atoms with E-state index < -0.39 is 0 Å². The molecule has 4 heteroatoms. The molecule has 17 heavy (non-hydrogen) atoms. The van der Waals surface area contributed by atoms with Gasteiger partial charge in [-0.2, -0.15) is 10.5 Å². The van der Waals surface area contributed by atoms with Crippen LogP contribution < -0.4 is 0 Å². The molecule has 0 heterocycles. The Hall–Kier alpha value is -1.06. The second kappa shape index (κ2) is 17.3. The zero-order valence-electron chi connectivity index (χ0n) is 10.5. The predicted molar refractivity (Wildman–Crippen MR) is 69.3 cm³/mol. The minimum atomic E-state index is -0.189. The van der Waals surface area contributed by atoms with Crippen molar-refractivity contribution in [1.82, 2.24) is 0 Å². The fourth-order valence-electron chi connectivity index (χ4n) is 1.40. The second-order valence-electron chi connectivity index (χ2n) is 3.80. The quantitative estimate of drug-likeness (QED) is 0.456. The summed E-state index contributed by atoms with van der Waals surface area (Å²) in [4.78, 5) is 10.4. The lowest BCUT2D eigenvalue weighted by atomic mass is 10.1. The number of nitriles is 2. The van der Waals surface area contributed by atoms with Gasteiger partial charge in [-0.3, -0.25) is 4.79 Å². The smallest absolute Gasteiger partial charge is 0.221 e. The summed E-state index contributed by atoms with van der Waals surface area (Å²) >= 11 is 5.22. The number of rotatable bonds is 9. The highest BCUT2D eigenvalue weighted by Gasteiger charge is 1.95. The van der Waals surface area contributed by atoms with E-state index in [1.807, 2.05) is 0 Å². The van der Waals surface area contributed by atoms with E-state index in [2.05, 4.69) is 6.92 Å². The lowest BCUT2D eigenvalue weighted by Crippen LogP contribution is -1.86. The molecule has 0 unspecified atom stereocenters. The molecule has 0 rings (SSSR count). The van der Waals surface area contributed by atoms with Gasteiger partial charge in [-0.1, -0.05) is 51.9 Å². The zero-order valence-corrected chi connectivity index (χ0v) is 11.3. The Balaban J connectivity index is 0. The van der Waals surface area contributed by atoms with Crippen molar-refractivity contribution < 1.29 is 4.79 Å². The van der Waals surface area contributed by atoms with Crippen LogP contribution in [0.25, 0.3) is 0 Å². The molecular weight excluding hydrogens is 236 g/mol. The van der Waals surface area contributed by atoms with E-state index in [0.29, 0.717) is 6.42 Å². The predicted octanol–water partition coefficient (Wildman–Crippen LogP) is 4.32. The van der Waals surface area contributed by atoms with Crippen LogP contribution >= 0.6 is 11.6 Å². The van der Waals surface area contributed by atoms with E-state index in [9.17, 15) is 4.79 Å². The first-order valence-corrected chi connectivity index (χ1v) is 6.53. The number of hydrogen-bond acceptors (Lipinski definition) is 3. The Kier molecular flexibility index (Phi) is 18.7. The second-order valence-corrected chi connectivity index (χ2v) is 4.23. The number of carbonyl (C=O) groups excluding carboxylic acids is 1. The van der Waals surface area contributed by atoms with Crippen LogP contribution in [0.1, 0.15) is 64.7 Å². The highest BCUT2D eigenvalue weighted by Crippen LogP contribution is 2.09. The first kappa shape index (κ1) is 18.3. The Morgan fingerprint density at radius 2 is 1.35 bits per heavy atom. The summed E-state index contributed by atoms with van der Waals surface area (Å²) in [6.07, 6.45) is 10.6. The average Bonchev–Trinajstić information content (AvgIpc) is 2.32. The fraction of sp³-hybridized carbons (Fsp3) is 0.769. The van der Waals surface area contributed by atoms with Crippen LogP contribution in [0.15, 0.2) is 0 Å². The van der Waals surface area contributed by atoms with Crippen molar-refractivity contribution in [1.29, 1.82) is 10.5 Å². The van der Waals surface area contributed by atoms with Crippen LogP contribution in [0.2, 0.25) is 0 Å². The highest BCUT2D eigenvalue weighted by atomic mass is 35.5. The SMILES string of the molecule is CCCCCCCCCCC(=O)Cl.N#CC#N. The number of hydrogen-bond donors (Lipinski definition) is 0. The van der Waals surface area contributed by atoms with Gasteiger partial charge in [-0.15, -0.1) is 0 Å². The summed E-state index contributed by atoms with van der Waals surface area (Å²) in [6.45, 7) is 2.23. The van der Waals surface area contributed by atoms with Gasteiger partial charge in [0, 0.05) is 6.42 Å². The van der Waals surface area contributed by atoms with Crippen molar-refractivity contribution >= 4 is 16.8 Å². The van der Waals surface area contributed by atoms with E-state index in [1.54, 1.807) is 0 Å². The van der Waals surface area contributed by atoms with E-state index in [1.165, 1.54) is 50.7 Å². The topological polar surface area (TPSA) is 64.7 Å². The van der Waals surface area contributed by atoms with Crippen molar-refractivity contribution in [3.8, 4) is 12.1 Å². The normalized spacial score (nSPS) is 8.47.